The minimum Gasteiger partial charge on any atom is -0.370 e. The van der Waals surface area contributed by atoms with Crippen molar-refractivity contribution in [2.75, 3.05) is 32.7 Å². The molecule has 1 amide bonds. The summed E-state index contributed by atoms with van der Waals surface area (Å²) in [6.45, 7) is 9.49. The second-order valence-electron chi connectivity index (χ2n) is 7.16. The third-order valence-corrected chi connectivity index (χ3v) is 5.20. The first kappa shape index (κ1) is 16.5. The summed E-state index contributed by atoms with van der Waals surface area (Å²) in [5, 5.41) is 0. The molecule has 2 heterocycles. The fourth-order valence-corrected chi connectivity index (χ4v) is 3.67. The van der Waals surface area contributed by atoms with Crippen LogP contribution in [-0.2, 0) is 16.1 Å². The van der Waals surface area contributed by atoms with Crippen molar-refractivity contribution in [2.24, 2.45) is 5.41 Å². The van der Waals surface area contributed by atoms with Crippen molar-refractivity contribution in [1.29, 1.82) is 0 Å². The van der Waals surface area contributed by atoms with Gasteiger partial charge in [0.1, 0.15) is 0 Å². The minimum absolute atomic E-state index is 0.189. The molecule has 0 bridgehead atoms. The van der Waals surface area contributed by atoms with E-state index >= 15 is 0 Å². The van der Waals surface area contributed by atoms with Crippen molar-refractivity contribution in [3.05, 3.63) is 35.9 Å². The summed E-state index contributed by atoms with van der Waals surface area (Å²) in [7, 11) is 0. The van der Waals surface area contributed by atoms with Crippen LogP contribution in [0.25, 0.3) is 0 Å². The Morgan fingerprint density at radius 1 is 1.30 bits per heavy atom. The lowest BCUT2D eigenvalue weighted by Gasteiger charge is -2.46. The quantitative estimate of drug-likeness (QED) is 0.837. The standard InChI is InChI=1S/C19H28N2O2/c1-3-20-11-7-10-19(2,15-20)18(22)21-12-17(13-21)23-14-16-8-5-4-6-9-16/h4-6,8-9,17H,3,7,10-15H2,1-2H3/t19-/m1/s1. The van der Waals surface area contributed by atoms with Crippen LogP contribution in [0.3, 0.4) is 0 Å². The van der Waals surface area contributed by atoms with E-state index in [9.17, 15) is 4.79 Å². The van der Waals surface area contributed by atoms with E-state index in [1.807, 2.05) is 23.1 Å². The van der Waals surface area contributed by atoms with Crippen molar-refractivity contribution >= 4 is 5.91 Å². The Kier molecular flexibility index (Phi) is 5.02. The molecule has 0 aromatic heterocycles. The lowest BCUT2D eigenvalue weighted by Crippen LogP contribution is -2.60. The van der Waals surface area contributed by atoms with E-state index in [-0.39, 0.29) is 11.5 Å². The molecule has 0 unspecified atom stereocenters. The fourth-order valence-electron chi connectivity index (χ4n) is 3.67. The third kappa shape index (κ3) is 3.75. The summed E-state index contributed by atoms with van der Waals surface area (Å²) < 4.78 is 5.90. The van der Waals surface area contributed by atoms with Crippen LogP contribution >= 0.6 is 0 Å². The highest BCUT2D eigenvalue weighted by atomic mass is 16.5. The SMILES string of the molecule is CCN1CCC[C@@](C)(C(=O)N2CC(OCc3ccccc3)C2)C1. The number of nitrogens with zero attached hydrogens (tertiary/aromatic N) is 2. The van der Waals surface area contributed by atoms with Crippen molar-refractivity contribution in [1.82, 2.24) is 9.80 Å². The number of hydrogen-bond acceptors (Lipinski definition) is 3. The number of hydrogen-bond donors (Lipinski definition) is 0. The molecule has 126 valence electrons. The molecule has 0 N–H and O–H groups in total. The summed E-state index contributed by atoms with van der Waals surface area (Å²) in [6.07, 6.45) is 2.32. The zero-order valence-electron chi connectivity index (χ0n) is 14.3. The maximum absolute atomic E-state index is 12.8. The van der Waals surface area contributed by atoms with Crippen LogP contribution in [0.4, 0.5) is 0 Å². The highest BCUT2D eigenvalue weighted by Crippen LogP contribution is 2.33. The number of piperidine rings is 1. The second kappa shape index (κ2) is 7.02. The molecule has 2 aliphatic heterocycles. The number of rotatable bonds is 5. The second-order valence-corrected chi connectivity index (χ2v) is 7.16. The van der Waals surface area contributed by atoms with Crippen LogP contribution < -0.4 is 0 Å². The van der Waals surface area contributed by atoms with Crippen LogP contribution in [-0.4, -0.2) is 54.5 Å². The molecule has 4 nitrogen and oxygen atoms in total. The first-order valence-corrected chi connectivity index (χ1v) is 8.78. The first-order valence-electron chi connectivity index (χ1n) is 8.78. The average Bonchev–Trinajstić information content (AvgIpc) is 2.54. The third-order valence-electron chi connectivity index (χ3n) is 5.20. The zero-order chi connectivity index (χ0) is 16.3. The monoisotopic (exact) mass is 316 g/mol. The molecule has 1 aromatic carbocycles. The van der Waals surface area contributed by atoms with Gasteiger partial charge in [-0.15, -0.1) is 0 Å². The van der Waals surface area contributed by atoms with Crippen molar-refractivity contribution < 1.29 is 9.53 Å². The van der Waals surface area contributed by atoms with Crippen LogP contribution in [0.1, 0.15) is 32.3 Å². The summed E-state index contributed by atoms with van der Waals surface area (Å²) in [6, 6.07) is 10.2. The van der Waals surface area contributed by atoms with Gasteiger partial charge in [0.25, 0.3) is 0 Å². The number of ether oxygens (including phenoxy) is 1. The number of benzene rings is 1. The number of likely N-dealkylation sites (tertiary alicyclic amines) is 2. The molecular formula is C19H28N2O2. The van der Waals surface area contributed by atoms with E-state index in [1.54, 1.807) is 0 Å². The number of carbonyl (C=O) groups excluding carboxylic acids is 1. The van der Waals surface area contributed by atoms with Crippen LogP contribution in [0.15, 0.2) is 30.3 Å². The molecule has 23 heavy (non-hydrogen) atoms. The largest absolute Gasteiger partial charge is 0.370 e. The number of amides is 1. The highest BCUT2D eigenvalue weighted by molar-refractivity contribution is 5.83. The summed E-state index contributed by atoms with van der Waals surface area (Å²) in [5.41, 5.74) is 0.980. The molecule has 0 aliphatic carbocycles. The van der Waals surface area contributed by atoms with Gasteiger partial charge in [0, 0.05) is 19.6 Å². The van der Waals surface area contributed by atoms with Crippen molar-refractivity contribution in [3.63, 3.8) is 0 Å². The normalized spacial score (nSPS) is 26.1. The van der Waals surface area contributed by atoms with Gasteiger partial charge in [-0.3, -0.25) is 4.79 Å². The van der Waals surface area contributed by atoms with Gasteiger partial charge in [-0.05, 0) is 38.4 Å². The minimum atomic E-state index is -0.210. The highest BCUT2D eigenvalue weighted by Gasteiger charge is 2.43. The molecule has 2 aliphatic rings. The van der Waals surface area contributed by atoms with Crippen molar-refractivity contribution in [2.45, 2.75) is 39.4 Å². The Morgan fingerprint density at radius 2 is 2.04 bits per heavy atom. The van der Waals surface area contributed by atoms with Gasteiger partial charge in [0.15, 0.2) is 0 Å². The Morgan fingerprint density at radius 3 is 2.74 bits per heavy atom. The maximum atomic E-state index is 12.8. The lowest BCUT2D eigenvalue weighted by atomic mass is 9.79. The van der Waals surface area contributed by atoms with E-state index in [0.29, 0.717) is 12.5 Å². The van der Waals surface area contributed by atoms with Gasteiger partial charge in [0.05, 0.1) is 18.1 Å². The van der Waals surface area contributed by atoms with Gasteiger partial charge >= 0.3 is 0 Å². The number of carbonyl (C=O) groups is 1. The molecule has 1 aromatic rings. The predicted octanol–water partition coefficient (Wildman–Crippen LogP) is 2.54. The Balaban J connectivity index is 1.46. The van der Waals surface area contributed by atoms with E-state index in [0.717, 1.165) is 45.6 Å². The predicted molar refractivity (Wildman–Crippen MR) is 91.1 cm³/mol. The average molecular weight is 316 g/mol. The zero-order valence-corrected chi connectivity index (χ0v) is 14.3. The smallest absolute Gasteiger partial charge is 0.229 e. The van der Waals surface area contributed by atoms with Crippen LogP contribution in [0, 0.1) is 5.41 Å². The van der Waals surface area contributed by atoms with Gasteiger partial charge in [0.2, 0.25) is 5.91 Å². The van der Waals surface area contributed by atoms with E-state index in [1.165, 1.54) is 5.56 Å². The van der Waals surface area contributed by atoms with E-state index < -0.39 is 0 Å². The summed E-state index contributed by atoms with van der Waals surface area (Å²) in [5.74, 6) is 0.315. The molecule has 0 radical (unpaired) electrons. The molecule has 2 saturated heterocycles. The van der Waals surface area contributed by atoms with Crippen LogP contribution in [0.2, 0.25) is 0 Å². The Bertz CT molecular complexity index is 527. The molecule has 0 spiro atoms. The van der Waals surface area contributed by atoms with Crippen molar-refractivity contribution in [3.8, 4) is 0 Å². The van der Waals surface area contributed by atoms with Gasteiger partial charge in [-0.1, -0.05) is 37.3 Å². The van der Waals surface area contributed by atoms with E-state index in [4.69, 9.17) is 4.74 Å². The fraction of sp³-hybridized carbons (Fsp3) is 0.632. The molecular weight excluding hydrogens is 288 g/mol. The molecule has 2 fully saturated rings. The topological polar surface area (TPSA) is 32.8 Å². The first-order chi connectivity index (χ1) is 11.1. The Labute approximate surface area is 139 Å². The lowest BCUT2D eigenvalue weighted by molar-refractivity contribution is -0.159. The molecule has 3 rings (SSSR count). The summed E-state index contributed by atoms with van der Waals surface area (Å²) >= 11 is 0. The molecule has 1 atom stereocenters. The van der Waals surface area contributed by atoms with Gasteiger partial charge < -0.3 is 14.5 Å². The molecule has 4 heteroatoms. The van der Waals surface area contributed by atoms with Crippen LogP contribution in [0.5, 0.6) is 0 Å². The summed E-state index contributed by atoms with van der Waals surface area (Å²) in [4.78, 5) is 17.2. The van der Waals surface area contributed by atoms with E-state index in [2.05, 4.69) is 30.9 Å². The van der Waals surface area contributed by atoms with Gasteiger partial charge in [-0.2, -0.15) is 0 Å². The Hall–Kier alpha value is -1.39. The maximum Gasteiger partial charge on any atom is 0.229 e. The van der Waals surface area contributed by atoms with Gasteiger partial charge in [-0.25, -0.2) is 0 Å². The molecule has 0 saturated carbocycles.